The van der Waals surface area contributed by atoms with E-state index in [-0.39, 0.29) is 5.02 Å². The third-order valence-electron chi connectivity index (χ3n) is 4.43. The minimum Gasteiger partial charge on any atom is -0.236 e. The van der Waals surface area contributed by atoms with Crippen LogP contribution in [0.1, 0.15) is 37.2 Å². The molecule has 1 aliphatic rings. The van der Waals surface area contributed by atoms with Crippen molar-refractivity contribution >= 4 is 11.6 Å². The number of aromatic nitrogens is 2. The van der Waals surface area contributed by atoms with Crippen molar-refractivity contribution in [2.24, 2.45) is 5.92 Å². The van der Waals surface area contributed by atoms with Crippen LogP contribution in [-0.2, 0) is 0 Å². The molecule has 0 aliphatic heterocycles. The summed E-state index contributed by atoms with van der Waals surface area (Å²) in [6.45, 7) is 3.88. The Hall–Kier alpha value is -1.74. The van der Waals surface area contributed by atoms with Crippen molar-refractivity contribution in [1.82, 2.24) is 9.97 Å². The van der Waals surface area contributed by atoms with Crippen LogP contribution in [0.3, 0.4) is 0 Å². The molecule has 1 aromatic carbocycles. The van der Waals surface area contributed by atoms with Crippen molar-refractivity contribution in [3.8, 4) is 11.4 Å². The summed E-state index contributed by atoms with van der Waals surface area (Å²) in [4.78, 5) is 8.84. The predicted molar refractivity (Wildman–Crippen MR) is 87.3 cm³/mol. The van der Waals surface area contributed by atoms with Crippen molar-refractivity contribution < 1.29 is 4.39 Å². The largest absolute Gasteiger partial charge is 0.236 e. The van der Waals surface area contributed by atoms with Crippen LogP contribution in [0, 0.1) is 11.7 Å². The number of rotatable bonds is 3. The lowest BCUT2D eigenvalue weighted by atomic mass is 9.79. The van der Waals surface area contributed by atoms with E-state index in [9.17, 15) is 4.39 Å². The van der Waals surface area contributed by atoms with Gasteiger partial charge < -0.3 is 0 Å². The van der Waals surface area contributed by atoms with E-state index in [2.05, 4.69) is 22.6 Å². The first kappa shape index (κ1) is 15.2. The highest BCUT2D eigenvalue weighted by atomic mass is 35.5. The summed E-state index contributed by atoms with van der Waals surface area (Å²) in [6.07, 6.45) is 10.5. The number of hydrogen-bond donors (Lipinski definition) is 0. The minimum absolute atomic E-state index is 0.0907. The van der Waals surface area contributed by atoms with Gasteiger partial charge in [0.05, 0.1) is 5.02 Å². The fraction of sp³-hybridized carbons (Fsp3) is 0.333. The maximum absolute atomic E-state index is 13.2. The minimum atomic E-state index is -0.430. The number of halogens is 2. The third kappa shape index (κ3) is 3.20. The molecule has 22 heavy (non-hydrogen) atoms. The normalized spacial score (nSPS) is 21.5. The summed E-state index contributed by atoms with van der Waals surface area (Å²) >= 11 is 5.81. The molecular weight excluding hydrogens is 299 g/mol. The van der Waals surface area contributed by atoms with Crippen molar-refractivity contribution in [2.45, 2.75) is 31.6 Å². The summed E-state index contributed by atoms with van der Waals surface area (Å²) in [5, 5.41) is 0.0907. The number of nitrogens with zero attached hydrogens (tertiary/aromatic N) is 2. The van der Waals surface area contributed by atoms with Gasteiger partial charge in [0, 0.05) is 18.0 Å². The molecular formula is C18H18ClFN2. The maximum atomic E-state index is 13.2. The van der Waals surface area contributed by atoms with E-state index in [1.165, 1.54) is 24.5 Å². The van der Waals surface area contributed by atoms with Crippen LogP contribution < -0.4 is 0 Å². The van der Waals surface area contributed by atoms with Gasteiger partial charge in [0.2, 0.25) is 0 Å². The monoisotopic (exact) mass is 316 g/mol. The molecule has 0 unspecified atom stereocenters. The van der Waals surface area contributed by atoms with Crippen molar-refractivity contribution in [2.75, 3.05) is 0 Å². The Bertz CT molecular complexity index is 661. The molecule has 0 radical (unpaired) electrons. The Morgan fingerprint density at radius 2 is 1.82 bits per heavy atom. The van der Waals surface area contributed by atoms with Gasteiger partial charge in [-0.15, -0.1) is 6.58 Å². The SMILES string of the molecule is C=C[C@H]1CC[C@H](c2cnc(-c3ccc(F)c(Cl)c3)nc2)CC1. The lowest BCUT2D eigenvalue weighted by Gasteiger charge is -2.26. The number of allylic oxidation sites excluding steroid dienone is 1. The summed E-state index contributed by atoms with van der Waals surface area (Å²) in [6, 6.07) is 4.54. The van der Waals surface area contributed by atoms with Crippen LogP contribution in [0.2, 0.25) is 5.02 Å². The van der Waals surface area contributed by atoms with Crippen LogP contribution in [-0.4, -0.2) is 9.97 Å². The van der Waals surface area contributed by atoms with E-state index in [0.29, 0.717) is 17.7 Å². The lowest BCUT2D eigenvalue weighted by Crippen LogP contribution is -2.12. The molecule has 114 valence electrons. The van der Waals surface area contributed by atoms with Crippen LogP contribution in [0.4, 0.5) is 4.39 Å². The second-order valence-electron chi connectivity index (χ2n) is 5.82. The highest BCUT2D eigenvalue weighted by Gasteiger charge is 2.21. The average molecular weight is 317 g/mol. The van der Waals surface area contributed by atoms with Crippen LogP contribution >= 0.6 is 11.6 Å². The van der Waals surface area contributed by atoms with E-state index in [1.807, 2.05) is 12.4 Å². The molecule has 2 nitrogen and oxygen atoms in total. The van der Waals surface area contributed by atoms with Crippen molar-refractivity contribution in [1.29, 1.82) is 0 Å². The highest BCUT2D eigenvalue weighted by Crippen LogP contribution is 2.35. The summed E-state index contributed by atoms with van der Waals surface area (Å²) in [5.41, 5.74) is 1.91. The van der Waals surface area contributed by atoms with E-state index in [4.69, 9.17) is 11.6 Å². The topological polar surface area (TPSA) is 25.8 Å². The van der Waals surface area contributed by atoms with Gasteiger partial charge in [-0.3, -0.25) is 0 Å². The van der Waals surface area contributed by atoms with Crippen LogP contribution in [0.25, 0.3) is 11.4 Å². The number of benzene rings is 1. The Morgan fingerprint density at radius 1 is 1.14 bits per heavy atom. The molecule has 2 aromatic rings. The summed E-state index contributed by atoms with van der Waals surface area (Å²) in [5.74, 6) is 1.33. The molecule has 0 saturated heterocycles. The van der Waals surface area contributed by atoms with Crippen molar-refractivity contribution in [3.63, 3.8) is 0 Å². The number of hydrogen-bond acceptors (Lipinski definition) is 2. The molecule has 0 atom stereocenters. The molecule has 1 fully saturated rings. The van der Waals surface area contributed by atoms with E-state index in [0.717, 1.165) is 18.4 Å². The molecule has 0 amide bonds. The fourth-order valence-electron chi connectivity index (χ4n) is 3.02. The summed E-state index contributed by atoms with van der Waals surface area (Å²) in [7, 11) is 0. The Balaban J connectivity index is 1.75. The van der Waals surface area contributed by atoms with Gasteiger partial charge in [-0.2, -0.15) is 0 Å². The van der Waals surface area contributed by atoms with Gasteiger partial charge in [-0.25, -0.2) is 14.4 Å². The average Bonchev–Trinajstić information content (AvgIpc) is 2.58. The first-order valence-corrected chi connectivity index (χ1v) is 7.95. The Morgan fingerprint density at radius 3 is 2.41 bits per heavy atom. The quantitative estimate of drug-likeness (QED) is 0.709. The predicted octanol–water partition coefficient (Wildman–Crippen LogP) is 5.40. The van der Waals surface area contributed by atoms with Gasteiger partial charge in [-0.1, -0.05) is 17.7 Å². The standard InChI is InChI=1S/C18H18ClFN2/c1-2-12-3-5-13(6-4-12)15-10-21-18(22-11-15)14-7-8-17(20)16(19)9-14/h2,7-13H,1,3-6H2/t12-,13-. The van der Waals surface area contributed by atoms with E-state index in [1.54, 1.807) is 12.1 Å². The molecule has 1 aromatic heterocycles. The third-order valence-corrected chi connectivity index (χ3v) is 4.72. The molecule has 1 heterocycles. The van der Waals surface area contributed by atoms with Gasteiger partial charge in [0.15, 0.2) is 5.82 Å². The zero-order chi connectivity index (χ0) is 15.5. The molecule has 1 saturated carbocycles. The lowest BCUT2D eigenvalue weighted by molar-refractivity contribution is 0.375. The van der Waals surface area contributed by atoms with Gasteiger partial charge >= 0.3 is 0 Å². The van der Waals surface area contributed by atoms with Gasteiger partial charge in [-0.05, 0) is 61.3 Å². The second kappa shape index (κ2) is 6.57. The van der Waals surface area contributed by atoms with Crippen molar-refractivity contribution in [3.05, 3.63) is 59.7 Å². The Labute approximate surface area is 135 Å². The zero-order valence-corrected chi connectivity index (χ0v) is 13.1. The van der Waals surface area contributed by atoms with E-state index >= 15 is 0 Å². The molecule has 1 aliphatic carbocycles. The molecule has 0 N–H and O–H groups in total. The smallest absolute Gasteiger partial charge is 0.159 e. The van der Waals surface area contributed by atoms with Gasteiger partial charge in [0.1, 0.15) is 5.82 Å². The molecule has 0 bridgehead atoms. The first-order chi connectivity index (χ1) is 10.7. The maximum Gasteiger partial charge on any atom is 0.159 e. The van der Waals surface area contributed by atoms with Gasteiger partial charge in [0.25, 0.3) is 0 Å². The van der Waals surface area contributed by atoms with Crippen LogP contribution in [0.5, 0.6) is 0 Å². The molecule has 4 heteroatoms. The zero-order valence-electron chi connectivity index (χ0n) is 12.3. The highest BCUT2D eigenvalue weighted by molar-refractivity contribution is 6.31. The Kier molecular flexibility index (Phi) is 4.53. The molecule has 0 spiro atoms. The second-order valence-corrected chi connectivity index (χ2v) is 6.22. The molecule has 3 rings (SSSR count). The van der Waals surface area contributed by atoms with Crippen LogP contribution in [0.15, 0.2) is 43.2 Å². The van der Waals surface area contributed by atoms with E-state index < -0.39 is 5.82 Å². The fourth-order valence-corrected chi connectivity index (χ4v) is 3.20. The summed E-state index contributed by atoms with van der Waals surface area (Å²) < 4.78 is 13.2. The first-order valence-electron chi connectivity index (χ1n) is 7.57.